The second kappa shape index (κ2) is 8.95. The average molecular weight is 421 g/mol. The van der Waals surface area contributed by atoms with Crippen molar-refractivity contribution in [3.8, 4) is 0 Å². The van der Waals surface area contributed by atoms with Gasteiger partial charge in [0.05, 0.1) is 10.6 Å². The van der Waals surface area contributed by atoms with Gasteiger partial charge in [0.25, 0.3) is 0 Å². The quantitative estimate of drug-likeness (QED) is 0.674. The number of sulfonamides is 1. The molecule has 1 N–H and O–H groups in total. The number of aryl methyl sites for hydroxylation is 2. The normalized spacial score (nSPS) is 20.4. The van der Waals surface area contributed by atoms with E-state index in [-0.39, 0.29) is 0 Å². The lowest BCUT2D eigenvalue weighted by Crippen LogP contribution is -2.51. The first-order valence-corrected chi connectivity index (χ1v) is 11.6. The van der Waals surface area contributed by atoms with E-state index in [1.807, 2.05) is 17.7 Å². The molecule has 1 aliphatic heterocycles. The molecule has 3 rings (SSSR count). The Morgan fingerprint density at radius 3 is 2.59 bits per heavy atom. The van der Waals surface area contributed by atoms with Crippen molar-refractivity contribution in [2.45, 2.75) is 57.1 Å². The molecule has 1 aliphatic rings. The van der Waals surface area contributed by atoms with E-state index in [0.29, 0.717) is 24.5 Å². The molecule has 2 heterocycles. The highest BCUT2D eigenvalue weighted by Crippen LogP contribution is 2.29. The second-order valence-electron chi connectivity index (χ2n) is 7.87. The fourth-order valence-corrected chi connectivity index (χ4v) is 5.64. The van der Waals surface area contributed by atoms with E-state index >= 15 is 0 Å². The minimum absolute atomic E-state index is 0.297. The minimum Gasteiger partial charge on any atom is -0.385 e. The summed E-state index contributed by atoms with van der Waals surface area (Å²) in [6.07, 6.45) is 1.39. The lowest BCUT2D eigenvalue weighted by molar-refractivity contribution is 0.161. The van der Waals surface area contributed by atoms with Gasteiger partial charge in [-0.15, -0.1) is 0 Å². The highest BCUT2D eigenvalue weighted by Gasteiger charge is 2.41. The molecule has 1 unspecified atom stereocenters. The zero-order chi connectivity index (χ0) is 21.1. The Kier molecular flexibility index (Phi) is 6.78. The first-order valence-electron chi connectivity index (χ1n) is 10.1. The number of rotatable bonds is 9. The van der Waals surface area contributed by atoms with Crippen molar-refractivity contribution in [2.75, 3.05) is 26.8 Å². The largest absolute Gasteiger partial charge is 0.385 e. The first-order chi connectivity index (χ1) is 13.8. The van der Waals surface area contributed by atoms with Crippen molar-refractivity contribution in [3.05, 3.63) is 47.3 Å². The number of aromatic nitrogens is 2. The summed E-state index contributed by atoms with van der Waals surface area (Å²) in [5.74, 6) is 0. The lowest BCUT2D eigenvalue weighted by Gasteiger charge is -2.30. The van der Waals surface area contributed by atoms with Crippen LogP contribution in [0.3, 0.4) is 0 Å². The van der Waals surface area contributed by atoms with Gasteiger partial charge in [-0.2, -0.15) is 5.10 Å². The van der Waals surface area contributed by atoms with Crippen LogP contribution in [0.25, 0.3) is 0 Å². The summed E-state index contributed by atoms with van der Waals surface area (Å²) in [5, 5.41) is 4.61. The predicted octanol–water partition coefficient (Wildman–Crippen LogP) is 2.48. The predicted molar refractivity (Wildman–Crippen MR) is 113 cm³/mol. The van der Waals surface area contributed by atoms with Crippen LogP contribution in [0.4, 0.5) is 0 Å². The summed E-state index contributed by atoms with van der Waals surface area (Å²) in [5.41, 5.74) is 2.93. The molecular formula is C21H32N4O3S. The number of likely N-dealkylation sites (tertiary alicyclic amines) is 1. The van der Waals surface area contributed by atoms with Gasteiger partial charge in [0.15, 0.2) is 0 Å². The molecule has 160 valence electrons. The molecule has 1 aromatic heterocycles. The first kappa shape index (κ1) is 22.0. The van der Waals surface area contributed by atoms with Crippen LogP contribution >= 0.6 is 0 Å². The maximum Gasteiger partial charge on any atom is 0.241 e. The average Bonchev–Trinajstić information content (AvgIpc) is 3.22. The smallest absolute Gasteiger partial charge is 0.241 e. The molecule has 0 bridgehead atoms. The molecule has 7 nitrogen and oxygen atoms in total. The van der Waals surface area contributed by atoms with Crippen molar-refractivity contribution in [1.29, 1.82) is 0 Å². The van der Waals surface area contributed by atoms with Crippen LogP contribution in [0.15, 0.2) is 35.2 Å². The fraction of sp³-hybridized carbons (Fsp3) is 0.571. The number of benzene rings is 1. The van der Waals surface area contributed by atoms with Gasteiger partial charge in [-0.25, -0.2) is 13.1 Å². The Bertz CT molecular complexity index is 927. The lowest BCUT2D eigenvalue weighted by atomic mass is 9.96. The summed E-state index contributed by atoms with van der Waals surface area (Å²) in [7, 11) is -1.94. The summed E-state index contributed by atoms with van der Waals surface area (Å²) in [6, 6.07) is 8.57. The van der Waals surface area contributed by atoms with Crippen LogP contribution in [0, 0.1) is 13.8 Å². The summed E-state index contributed by atoms with van der Waals surface area (Å²) < 4.78 is 36.3. The number of ether oxygens (including phenoxy) is 1. The van der Waals surface area contributed by atoms with Gasteiger partial charge in [-0.05, 0) is 45.7 Å². The van der Waals surface area contributed by atoms with Crippen molar-refractivity contribution < 1.29 is 13.2 Å². The van der Waals surface area contributed by atoms with Crippen molar-refractivity contribution in [3.63, 3.8) is 0 Å². The van der Waals surface area contributed by atoms with Crippen LogP contribution in [0.1, 0.15) is 36.7 Å². The molecule has 2 aromatic rings. The Labute approximate surface area is 174 Å². The van der Waals surface area contributed by atoms with Gasteiger partial charge >= 0.3 is 0 Å². The zero-order valence-electron chi connectivity index (χ0n) is 17.8. The Morgan fingerprint density at radius 2 is 1.97 bits per heavy atom. The number of nitrogens with one attached hydrogen (secondary N) is 1. The standard InChI is InChI=1S/C21H32N4O3S/c1-5-25-18(3)20(17(2)22-25)15-24-13-11-21(16-24,12-14-28-4)23-29(26,27)19-9-7-6-8-10-19/h6-10,23H,5,11-16H2,1-4H3. The van der Waals surface area contributed by atoms with Crippen LogP contribution in [-0.4, -0.2) is 55.4 Å². The number of hydrogen-bond acceptors (Lipinski definition) is 5. The molecule has 1 aromatic carbocycles. The number of methoxy groups -OCH3 is 1. The fourth-order valence-electron chi connectivity index (χ4n) is 4.17. The maximum absolute atomic E-state index is 13.0. The zero-order valence-corrected chi connectivity index (χ0v) is 18.6. The van der Waals surface area contributed by atoms with Gasteiger partial charge in [0.2, 0.25) is 10.0 Å². The van der Waals surface area contributed by atoms with Crippen molar-refractivity contribution in [2.24, 2.45) is 0 Å². The van der Waals surface area contributed by atoms with E-state index in [2.05, 4.69) is 28.6 Å². The Morgan fingerprint density at radius 1 is 1.24 bits per heavy atom. The van der Waals surface area contributed by atoms with Crippen LogP contribution in [0.5, 0.6) is 0 Å². The van der Waals surface area contributed by atoms with Gasteiger partial charge in [0.1, 0.15) is 0 Å². The van der Waals surface area contributed by atoms with E-state index in [9.17, 15) is 8.42 Å². The summed E-state index contributed by atoms with van der Waals surface area (Å²) in [6.45, 7) is 9.85. The minimum atomic E-state index is -3.59. The molecule has 29 heavy (non-hydrogen) atoms. The maximum atomic E-state index is 13.0. The molecule has 8 heteroatoms. The van der Waals surface area contributed by atoms with E-state index in [1.165, 1.54) is 11.3 Å². The highest BCUT2D eigenvalue weighted by atomic mass is 32.2. The Balaban J connectivity index is 1.79. The molecule has 0 amide bonds. The molecule has 1 fully saturated rings. The van der Waals surface area contributed by atoms with Gasteiger partial charge in [-0.1, -0.05) is 18.2 Å². The van der Waals surface area contributed by atoms with Crippen LogP contribution < -0.4 is 4.72 Å². The molecule has 1 saturated heterocycles. The molecule has 0 aliphatic carbocycles. The van der Waals surface area contributed by atoms with Gasteiger partial charge < -0.3 is 4.74 Å². The van der Waals surface area contributed by atoms with E-state index in [4.69, 9.17) is 4.74 Å². The van der Waals surface area contributed by atoms with E-state index in [0.717, 1.165) is 31.7 Å². The van der Waals surface area contributed by atoms with Crippen LogP contribution in [0.2, 0.25) is 0 Å². The van der Waals surface area contributed by atoms with E-state index < -0.39 is 15.6 Å². The third-order valence-corrected chi connectivity index (χ3v) is 7.43. The second-order valence-corrected chi connectivity index (χ2v) is 9.55. The van der Waals surface area contributed by atoms with E-state index in [1.54, 1.807) is 31.4 Å². The van der Waals surface area contributed by atoms with Gasteiger partial charge in [0, 0.05) is 56.7 Å². The number of nitrogens with zero attached hydrogens (tertiary/aromatic N) is 3. The third kappa shape index (κ3) is 4.88. The number of hydrogen-bond donors (Lipinski definition) is 1. The summed E-state index contributed by atoms with van der Waals surface area (Å²) >= 11 is 0. The molecule has 0 spiro atoms. The SMILES string of the molecule is CCn1nc(C)c(CN2CCC(CCOC)(NS(=O)(=O)c3ccccc3)C2)c1C. The van der Waals surface area contributed by atoms with Gasteiger partial charge in [-0.3, -0.25) is 9.58 Å². The summed E-state index contributed by atoms with van der Waals surface area (Å²) in [4.78, 5) is 2.62. The van der Waals surface area contributed by atoms with Crippen molar-refractivity contribution in [1.82, 2.24) is 19.4 Å². The monoisotopic (exact) mass is 420 g/mol. The topological polar surface area (TPSA) is 76.5 Å². The Hall–Kier alpha value is -1.74. The molecule has 1 atom stereocenters. The molecule has 0 saturated carbocycles. The molecule has 0 radical (unpaired) electrons. The highest BCUT2D eigenvalue weighted by molar-refractivity contribution is 7.89. The van der Waals surface area contributed by atoms with Crippen molar-refractivity contribution >= 4 is 10.0 Å². The van der Waals surface area contributed by atoms with Crippen LogP contribution in [-0.2, 0) is 27.8 Å². The molecular weight excluding hydrogens is 388 g/mol. The third-order valence-electron chi connectivity index (χ3n) is 5.83.